The maximum atomic E-state index is 9.67. The SMILES string of the molecule is CC#CC(C)(O)c1ncc(C)o1. The van der Waals surface area contributed by atoms with Crippen LogP contribution in [0.3, 0.4) is 0 Å². The van der Waals surface area contributed by atoms with Crippen molar-refractivity contribution in [3.05, 3.63) is 17.8 Å². The zero-order valence-electron chi connectivity index (χ0n) is 7.38. The number of rotatable bonds is 1. The van der Waals surface area contributed by atoms with Crippen molar-refractivity contribution in [2.75, 3.05) is 0 Å². The Morgan fingerprint density at radius 1 is 1.67 bits per heavy atom. The predicted molar refractivity (Wildman–Crippen MR) is 44.3 cm³/mol. The maximum Gasteiger partial charge on any atom is 0.239 e. The lowest BCUT2D eigenvalue weighted by molar-refractivity contribution is 0.0882. The minimum Gasteiger partial charge on any atom is -0.442 e. The normalized spacial score (nSPS) is 14.7. The Morgan fingerprint density at radius 2 is 2.33 bits per heavy atom. The minimum absolute atomic E-state index is 0.245. The van der Waals surface area contributed by atoms with Gasteiger partial charge in [-0.05, 0) is 20.8 Å². The fourth-order valence-electron chi connectivity index (χ4n) is 0.877. The van der Waals surface area contributed by atoms with Crippen LogP contribution >= 0.6 is 0 Å². The molecule has 1 atom stereocenters. The topological polar surface area (TPSA) is 46.3 Å². The molecule has 3 heteroatoms. The van der Waals surface area contributed by atoms with Gasteiger partial charge in [-0.25, -0.2) is 4.98 Å². The fraction of sp³-hybridized carbons (Fsp3) is 0.444. The summed E-state index contributed by atoms with van der Waals surface area (Å²) in [6, 6.07) is 0. The lowest BCUT2D eigenvalue weighted by atomic mass is 10.1. The van der Waals surface area contributed by atoms with Crippen molar-refractivity contribution in [3.63, 3.8) is 0 Å². The van der Waals surface area contributed by atoms with Gasteiger partial charge in [0.05, 0.1) is 6.20 Å². The molecule has 0 aliphatic rings. The summed E-state index contributed by atoms with van der Waals surface area (Å²) in [5.41, 5.74) is -1.27. The first-order chi connectivity index (χ1) is 5.56. The van der Waals surface area contributed by atoms with Gasteiger partial charge in [-0.15, -0.1) is 5.92 Å². The molecule has 0 bridgehead atoms. The quantitative estimate of drug-likeness (QED) is 0.636. The van der Waals surface area contributed by atoms with Crippen molar-refractivity contribution in [2.24, 2.45) is 0 Å². The second kappa shape index (κ2) is 3.00. The first kappa shape index (κ1) is 8.82. The molecule has 0 aliphatic heterocycles. The summed E-state index contributed by atoms with van der Waals surface area (Å²) in [6.45, 7) is 4.98. The van der Waals surface area contributed by atoms with Crippen molar-refractivity contribution in [3.8, 4) is 11.8 Å². The summed E-state index contributed by atoms with van der Waals surface area (Å²) in [5, 5.41) is 9.67. The molecule has 0 radical (unpaired) electrons. The second-order valence-corrected chi connectivity index (χ2v) is 2.72. The van der Waals surface area contributed by atoms with Crippen molar-refractivity contribution in [2.45, 2.75) is 26.4 Å². The van der Waals surface area contributed by atoms with Crippen LogP contribution in [0.15, 0.2) is 10.6 Å². The summed E-state index contributed by atoms with van der Waals surface area (Å²) in [6.07, 6.45) is 1.56. The third-order valence-corrected chi connectivity index (χ3v) is 1.41. The van der Waals surface area contributed by atoms with Crippen LogP contribution in [-0.2, 0) is 5.60 Å². The molecular formula is C9H11NO2. The van der Waals surface area contributed by atoms with E-state index in [9.17, 15) is 5.11 Å². The summed E-state index contributed by atoms with van der Waals surface area (Å²) in [5.74, 6) is 6.13. The van der Waals surface area contributed by atoms with Crippen LogP contribution in [0.5, 0.6) is 0 Å². The van der Waals surface area contributed by atoms with Gasteiger partial charge in [-0.1, -0.05) is 5.92 Å². The third-order valence-electron chi connectivity index (χ3n) is 1.41. The molecular weight excluding hydrogens is 154 g/mol. The molecule has 0 amide bonds. The largest absolute Gasteiger partial charge is 0.442 e. The molecule has 1 heterocycles. The smallest absolute Gasteiger partial charge is 0.239 e. The average molecular weight is 165 g/mol. The molecule has 1 aromatic rings. The van der Waals surface area contributed by atoms with Gasteiger partial charge in [0.2, 0.25) is 5.89 Å². The molecule has 12 heavy (non-hydrogen) atoms. The van der Waals surface area contributed by atoms with Crippen molar-refractivity contribution < 1.29 is 9.52 Å². The molecule has 0 saturated heterocycles. The highest BCUT2D eigenvalue weighted by Crippen LogP contribution is 2.18. The Kier molecular flexibility index (Phi) is 2.20. The number of aliphatic hydroxyl groups is 1. The first-order valence-electron chi connectivity index (χ1n) is 3.65. The van der Waals surface area contributed by atoms with Gasteiger partial charge in [0.15, 0.2) is 5.60 Å². The maximum absolute atomic E-state index is 9.67. The Balaban J connectivity index is 3.02. The summed E-state index contributed by atoms with van der Waals surface area (Å²) >= 11 is 0. The molecule has 1 N–H and O–H groups in total. The number of hydrogen-bond acceptors (Lipinski definition) is 3. The van der Waals surface area contributed by atoms with Crippen LogP contribution in [-0.4, -0.2) is 10.1 Å². The van der Waals surface area contributed by atoms with E-state index in [4.69, 9.17) is 4.42 Å². The van der Waals surface area contributed by atoms with Gasteiger partial charge in [-0.2, -0.15) is 0 Å². The van der Waals surface area contributed by atoms with Gasteiger partial charge in [0.1, 0.15) is 5.76 Å². The third kappa shape index (κ3) is 1.66. The molecule has 3 nitrogen and oxygen atoms in total. The molecule has 0 fully saturated rings. The van der Waals surface area contributed by atoms with Crippen molar-refractivity contribution in [1.29, 1.82) is 0 Å². The van der Waals surface area contributed by atoms with Gasteiger partial charge >= 0.3 is 0 Å². The Hall–Kier alpha value is -1.27. The van der Waals surface area contributed by atoms with Crippen molar-refractivity contribution in [1.82, 2.24) is 4.98 Å². The zero-order chi connectivity index (χ0) is 9.19. The highest BCUT2D eigenvalue weighted by molar-refractivity contribution is 5.17. The molecule has 0 aliphatic carbocycles. The van der Waals surface area contributed by atoms with Gasteiger partial charge in [0.25, 0.3) is 0 Å². The van der Waals surface area contributed by atoms with E-state index in [0.29, 0.717) is 5.76 Å². The summed E-state index contributed by atoms with van der Waals surface area (Å²) in [7, 11) is 0. The first-order valence-corrected chi connectivity index (χ1v) is 3.65. The van der Waals surface area contributed by atoms with Crippen LogP contribution in [0.2, 0.25) is 0 Å². The monoisotopic (exact) mass is 165 g/mol. The summed E-state index contributed by atoms with van der Waals surface area (Å²) in [4.78, 5) is 3.89. The number of oxazole rings is 1. The highest BCUT2D eigenvalue weighted by atomic mass is 16.4. The van der Waals surface area contributed by atoms with Crippen LogP contribution in [0.1, 0.15) is 25.5 Å². The Labute approximate surface area is 71.4 Å². The number of aryl methyl sites for hydroxylation is 1. The van der Waals surface area contributed by atoms with Gasteiger partial charge in [0, 0.05) is 0 Å². The molecule has 1 rings (SSSR count). The Bertz CT molecular complexity index is 328. The van der Waals surface area contributed by atoms with E-state index >= 15 is 0 Å². The number of hydrogen-bond donors (Lipinski definition) is 1. The van der Waals surface area contributed by atoms with Crippen LogP contribution in [0, 0.1) is 18.8 Å². The molecule has 0 aromatic carbocycles. The fourth-order valence-corrected chi connectivity index (χ4v) is 0.877. The minimum atomic E-state index is -1.27. The zero-order valence-corrected chi connectivity index (χ0v) is 7.38. The second-order valence-electron chi connectivity index (χ2n) is 2.72. The van der Waals surface area contributed by atoms with E-state index in [1.54, 1.807) is 27.0 Å². The van der Waals surface area contributed by atoms with E-state index in [1.807, 2.05) is 0 Å². The lowest BCUT2D eigenvalue weighted by Gasteiger charge is -2.10. The molecule has 0 saturated carbocycles. The number of nitrogens with zero attached hydrogens (tertiary/aromatic N) is 1. The van der Waals surface area contributed by atoms with E-state index < -0.39 is 5.60 Å². The van der Waals surface area contributed by atoms with Gasteiger partial charge in [-0.3, -0.25) is 0 Å². The van der Waals surface area contributed by atoms with E-state index in [1.165, 1.54) is 0 Å². The standard InChI is InChI=1S/C9H11NO2/c1-4-5-9(3,11)8-10-6-7(2)12-8/h6,11H,1-3H3. The highest BCUT2D eigenvalue weighted by Gasteiger charge is 2.25. The molecule has 1 unspecified atom stereocenters. The summed E-state index contributed by atoms with van der Waals surface area (Å²) < 4.78 is 5.14. The molecule has 0 spiro atoms. The van der Waals surface area contributed by atoms with E-state index in [-0.39, 0.29) is 5.89 Å². The van der Waals surface area contributed by atoms with Crippen LogP contribution in [0.25, 0.3) is 0 Å². The molecule has 64 valence electrons. The van der Waals surface area contributed by atoms with E-state index in [0.717, 1.165) is 0 Å². The van der Waals surface area contributed by atoms with Crippen LogP contribution < -0.4 is 0 Å². The van der Waals surface area contributed by atoms with Crippen molar-refractivity contribution >= 4 is 0 Å². The molecule has 1 aromatic heterocycles. The van der Waals surface area contributed by atoms with Gasteiger partial charge < -0.3 is 9.52 Å². The van der Waals surface area contributed by atoms with Crippen LogP contribution in [0.4, 0.5) is 0 Å². The number of aromatic nitrogens is 1. The average Bonchev–Trinajstić information content (AvgIpc) is 2.36. The Morgan fingerprint density at radius 3 is 2.75 bits per heavy atom. The van der Waals surface area contributed by atoms with E-state index in [2.05, 4.69) is 16.8 Å². The lowest BCUT2D eigenvalue weighted by Crippen LogP contribution is -2.18. The predicted octanol–water partition coefficient (Wildman–Crippen LogP) is 1.21.